The molecule has 0 aliphatic heterocycles. The number of carbonyl (C=O) groups excluding carboxylic acids is 1. The van der Waals surface area contributed by atoms with Gasteiger partial charge in [0.25, 0.3) is 0 Å². The second-order valence-electron chi connectivity index (χ2n) is 5.46. The van der Waals surface area contributed by atoms with Gasteiger partial charge in [0.2, 0.25) is 0 Å². The van der Waals surface area contributed by atoms with E-state index in [-0.39, 0.29) is 12.6 Å². The van der Waals surface area contributed by atoms with Crippen LogP contribution in [0.3, 0.4) is 0 Å². The van der Waals surface area contributed by atoms with E-state index in [1.807, 2.05) is 66.7 Å². The van der Waals surface area contributed by atoms with Crippen molar-refractivity contribution in [3.8, 4) is 0 Å². The van der Waals surface area contributed by atoms with E-state index >= 15 is 0 Å². The van der Waals surface area contributed by atoms with E-state index in [0.717, 1.165) is 26.4 Å². The lowest BCUT2D eigenvalue weighted by molar-refractivity contribution is 0.0480. The predicted molar refractivity (Wildman–Crippen MR) is 99.9 cm³/mol. The highest BCUT2D eigenvalue weighted by Gasteiger charge is 2.18. The van der Waals surface area contributed by atoms with Gasteiger partial charge in [0.15, 0.2) is 0 Å². The summed E-state index contributed by atoms with van der Waals surface area (Å²) in [5.74, 6) is -0.380. The van der Waals surface area contributed by atoms with Crippen LogP contribution in [0.2, 0.25) is 5.02 Å². The summed E-state index contributed by atoms with van der Waals surface area (Å²) in [6.07, 6.45) is 0. The number of carbonyl (C=O) groups is 1. The molecule has 1 heterocycles. The fourth-order valence-electron chi connectivity index (χ4n) is 2.77. The Hall–Kier alpha value is -2.36. The van der Waals surface area contributed by atoms with Crippen molar-refractivity contribution in [2.45, 2.75) is 6.61 Å². The molecule has 0 amide bonds. The van der Waals surface area contributed by atoms with Crippen molar-refractivity contribution < 1.29 is 9.53 Å². The molecule has 0 bridgehead atoms. The lowest BCUT2D eigenvalue weighted by Gasteiger charge is -2.07. The Morgan fingerprint density at radius 3 is 2.46 bits per heavy atom. The maximum atomic E-state index is 12.4. The summed E-state index contributed by atoms with van der Waals surface area (Å²) in [7, 11) is 0. The third kappa shape index (κ3) is 2.66. The molecule has 0 aliphatic carbocycles. The Kier molecular flexibility index (Phi) is 3.97. The van der Waals surface area contributed by atoms with Crippen molar-refractivity contribution >= 4 is 49.8 Å². The molecule has 0 spiro atoms. The van der Waals surface area contributed by atoms with E-state index in [2.05, 4.69) is 0 Å². The maximum absolute atomic E-state index is 12.4. The molecule has 0 aliphatic rings. The fourth-order valence-corrected chi connectivity index (χ4v) is 4.17. The normalized spacial score (nSPS) is 11.0. The second-order valence-corrected chi connectivity index (χ2v) is 6.89. The van der Waals surface area contributed by atoms with Crippen LogP contribution in [0.25, 0.3) is 20.9 Å². The van der Waals surface area contributed by atoms with E-state index in [1.54, 1.807) is 0 Å². The summed E-state index contributed by atoms with van der Waals surface area (Å²) in [5.41, 5.74) is 0.985. The first-order valence-corrected chi connectivity index (χ1v) is 8.74. The lowest BCUT2D eigenvalue weighted by atomic mass is 10.1. The van der Waals surface area contributed by atoms with Crippen LogP contribution in [0.1, 0.15) is 15.2 Å². The highest BCUT2D eigenvalue weighted by molar-refractivity contribution is 7.21. The quantitative estimate of drug-likeness (QED) is 0.418. The molecular weight excluding hydrogens is 340 g/mol. The second kappa shape index (κ2) is 6.27. The Labute approximate surface area is 148 Å². The largest absolute Gasteiger partial charge is 0.457 e. The van der Waals surface area contributed by atoms with Crippen LogP contribution in [-0.4, -0.2) is 5.97 Å². The van der Waals surface area contributed by atoms with Crippen molar-refractivity contribution in [1.82, 2.24) is 0 Å². The van der Waals surface area contributed by atoms with E-state index in [1.165, 1.54) is 11.3 Å². The monoisotopic (exact) mass is 352 g/mol. The summed E-state index contributed by atoms with van der Waals surface area (Å²) in [6.45, 7) is 0.227. The number of benzene rings is 3. The molecule has 1 aromatic heterocycles. The third-order valence-electron chi connectivity index (χ3n) is 3.96. The van der Waals surface area contributed by atoms with E-state index in [0.29, 0.717) is 9.90 Å². The van der Waals surface area contributed by atoms with Gasteiger partial charge in [0.05, 0.1) is 5.02 Å². The van der Waals surface area contributed by atoms with Gasteiger partial charge in [-0.05, 0) is 22.4 Å². The SMILES string of the molecule is O=C(OCc1cccc2ccccc12)c1sc2ccccc2c1Cl. The third-order valence-corrected chi connectivity index (χ3v) is 5.61. The van der Waals surface area contributed by atoms with E-state index in [4.69, 9.17) is 16.3 Å². The highest BCUT2D eigenvalue weighted by atomic mass is 35.5. The van der Waals surface area contributed by atoms with Gasteiger partial charge >= 0.3 is 5.97 Å². The van der Waals surface area contributed by atoms with Crippen LogP contribution in [0, 0.1) is 0 Å². The molecule has 4 aromatic rings. The van der Waals surface area contributed by atoms with Gasteiger partial charge in [-0.3, -0.25) is 0 Å². The minimum atomic E-state index is -0.380. The number of ether oxygens (including phenoxy) is 1. The standard InChI is InChI=1S/C20H13ClO2S/c21-18-16-10-3-4-11-17(16)24-19(18)20(22)23-12-14-8-5-7-13-6-1-2-9-15(13)14/h1-11H,12H2. The zero-order valence-electron chi connectivity index (χ0n) is 12.7. The zero-order chi connectivity index (χ0) is 16.5. The number of fused-ring (bicyclic) bond motifs is 2. The molecule has 4 heteroatoms. The maximum Gasteiger partial charge on any atom is 0.350 e. The average Bonchev–Trinajstić information content (AvgIpc) is 2.97. The fraction of sp³-hybridized carbons (Fsp3) is 0.0500. The Morgan fingerprint density at radius 2 is 1.62 bits per heavy atom. The molecule has 0 N–H and O–H groups in total. The molecular formula is C20H13ClO2S. The molecule has 0 saturated heterocycles. The van der Waals surface area contributed by atoms with Gasteiger partial charge in [-0.15, -0.1) is 11.3 Å². The topological polar surface area (TPSA) is 26.3 Å². The molecule has 0 atom stereocenters. The molecule has 24 heavy (non-hydrogen) atoms. The van der Waals surface area contributed by atoms with Crippen molar-refractivity contribution in [2.24, 2.45) is 0 Å². The molecule has 0 saturated carbocycles. The average molecular weight is 353 g/mol. The summed E-state index contributed by atoms with van der Waals surface area (Å²) in [4.78, 5) is 12.9. The van der Waals surface area contributed by atoms with Crippen molar-refractivity contribution in [3.05, 3.63) is 82.2 Å². The summed E-state index contributed by atoms with van der Waals surface area (Å²) < 4.78 is 6.51. The van der Waals surface area contributed by atoms with Gasteiger partial charge in [-0.1, -0.05) is 72.3 Å². The van der Waals surface area contributed by atoms with Crippen molar-refractivity contribution in [2.75, 3.05) is 0 Å². The van der Waals surface area contributed by atoms with Gasteiger partial charge in [-0.25, -0.2) is 4.79 Å². The first kappa shape index (κ1) is 15.2. The number of thiophene rings is 1. The molecule has 3 aromatic carbocycles. The van der Waals surface area contributed by atoms with Crippen LogP contribution >= 0.6 is 22.9 Å². The Morgan fingerprint density at radius 1 is 0.917 bits per heavy atom. The van der Waals surface area contributed by atoms with Crippen LogP contribution < -0.4 is 0 Å². The summed E-state index contributed by atoms with van der Waals surface area (Å²) in [6, 6.07) is 21.7. The first-order chi connectivity index (χ1) is 11.7. The minimum absolute atomic E-state index is 0.227. The smallest absolute Gasteiger partial charge is 0.350 e. The summed E-state index contributed by atoms with van der Waals surface area (Å²) in [5, 5.41) is 3.58. The molecule has 0 unspecified atom stereocenters. The molecule has 118 valence electrons. The molecule has 0 radical (unpaired) electrons. The van der Waals surface area contributed by atoms with E-state index < -0.39 is 0 Å². The summed E-state index contributed by atoms with van der Waals surface area (Å²) >= 11 is 7.70. The predicted octanol–water partition coefficient (Wildman–Crippen LogP) is 6.06. The first-order valence-electron chi connectivity index (χ1n) is 7.55. The lowest BCUT2D eigenvalue weighted by Crippen LogP contribution is -2.04. The van der Waals surface area contributed by atoms with Gasteiger partial charge < -0.3 is 4.74 Å². The van der Waals surface area contributed by atoms with Crippen molar-refractivity contribution in [1.29, 1.82) is 0 Å². The molecule has 0 fully saturated rings. The molecule has 4 rings (SSSR count). The Balaban J connectivity index is 1.60. The minimum Gasteiger partial charge on any atom is -0.457 e. The van der Waals surface area contributed by atoms with E-state index in [9.17, 15) is 4.79 Å². The van der Waals surface area contributed by atoms with Crippen LogP contribution in [0.15, 0.2) is 66.7 Å². The van der Waals surface area contributed by atoms with Gasteiger partial charge in [0, 0.05) is 10.1 Å². The highest BCUT2D eigenvalue weighted by Crippen LogP contribution is 2.35. The number of hydrogen-bond acceptors (Lipinski definition) is 3. The van der Waals surface area contributed by atoms with Crippen LogP contribution in [0.5, 0.6) is 0 Å². The number of hydrogen-bond donors (Lipinski definition) is 0. The number of halogens is 1. The van der Waals surface area contributed by atoms with Gasteiger partial charge in [0.1, 0.15) is 11.5 Å². The Bertz CT molecular complexity index is 1050. The van der Waals surface area contributed by atoms with Crippen LogP contribution in [0.4, 0.5) is 0 Å². The zero-order valence-corrected chi connectivity index (χ0v) is 14.2. The number of esters is 1. The number of rotatable bonds is 3. The van der Waals surface area contributed by atoms with Gasteiger partial charge in [-0.2, -0.15) is 0 Å². The van der Waals surface area contributed by atoms with Crippen LogP contribution in [-0.2, 0) is 11.3 Å². The molecule has 2 nitrogen and oxygen atoms in total. The van der Waals surface area contributed by atoms with Crippen molar-refractivity contribution in [3.63, 3.8) is 0 Å².